The topological polar surface area (TPSA) is 58.6 Å². The minimum Gasteiger partial charge on any atom is -0.385 e. The van der Waals surface area contributed by atoms with Crippen LogP contribution in [0, 0.1) is 5.92 Å². The number of hydrogen-bond donors (Lipinski definition) is 1. The van der Waals surface area contributed by atoms with Crippen molar-refractivity contribution in [1.82, 2.24) is 9.62 Å². The van der Waals surface area contributed by atoms with Crippen molar-refractivity contribution in [1.29, 1.82) is 0 Å². The van der Waals surface area contributed by atoms with Crippen molar-refractivity contribution < 1.29 is 13.2 Å². The molecular formula is C17H26N2O3S. The van der Waals surface area contributed by atoms with E-state index in [2.05, 4.69) is 9.62 Å². The van der Waals surface area contributed by atoms with E-state index < -0.39 is 15.6 Å². The number of nitrogens with one attached hydrogen (secondary N) is 1. The number of methoxy groups -OCH3 is 1. The third-order valence-electron chi connectivity index (χ3n) is 4.84. The summed E-state index contributed by atoms with van der Waals surface area (Å²) in [5.41, 5.74) is -0.417. The van der Waals surface area contributed by atoms with Gasteiger partial charge in [-0.15, -0.1) is 0 Å². The molecule has 0 amide bonds. The SMILES string of the molecule is COCCC1(NS(=O)(=O)c2ccccc2)CCN(CC2CC2)C1. The van der Waals surface area contributed by atoms with E-state index in [-0.39, 0.29) is 0 Å². The van der Waals surface area contributed by atoms with Crippen LogP contribution in [0.1, 0.15) is 25.7 Å². The highest BCUT2D eigenvalue weighted by Gasteiger charge is 2.42. The average molecular weight is 338 g/mol. The van der Waals surface area contributed by atoms with Gasteiger partial charge in [0.1, 0.15) is 0 Å². The lowest BCUT2D eigenvalue weighted by Crippen LogP contribution is -2.51. The Balaban J connectivity index is 1.74. The van der Waals surface area contributed by atoms with Gasteiger partial charge >= 0.3 is 0 Å². The third kappa shape index (κ3) is 4.32. The Hall–Kier alpha value is -0.950. The number of hydrogen-bond acceptors (Lipinski definition) is 4. The van der Waals surface area contributed by atoms with Gasteiger partial charge in [-0.3, -0.25) is 0 Å². The molecule has 1 heterocycles. The van der Waals surface area contributed by atoms with Crippen molar-refractivity contribution in [3.63, 3.8) is 0 Å². The lowest BCUT2D eigenvalue weighted by molar-refractivity contribution is 0.161. The standard InChI is InChI=1S/C17H26N2O3S/c1-22-12-10-17(9-11-19(14-17)13-15-7-8-15)18-23(20,21)16-5-3-2-4-6-16/h2-6,15,18H,7-14H2,1H3. The van der Waals surface area contributed by atoms with Gasteiger partial charge in [0.25, 0.3) is 0 Å². The lowest BCUT2D eigenvalue weighted by atomic mass is 9.96. The predicted molar refractivity (Wildman–Crippen MR) is 89.8 cm³/mol. The van der Waals surface area contributed by atoms with E-state index in [0.29, 0.717) is 17.9 Å². The first-order valence-electron chi connectivity index (χ1n) is 8.33. The van der Waals surface area contributed by atoms with E-state index in [9.17, 15) is 8.42 Å². The van der Waals surface area contributed by atoms with Gasteiger partial charge in [0.05, 0.1) is 4.90 Å². The molecule has 1 aliphatic heterocycles. The summed E-state index contributed by atoms with van der Waals surface area (Å²) in [5, 5.41) is 0. The molecule has 1 saturated carbocycles. The van der Waals surface area contributed by atoms with E-state index >= 15 is 0 Å². The summed E-state index contributed by atoms with van der Waals surface area (Å²) in [6, 6.07) is 8.62. The number of likely N-dealkylation sites (tertiary alicyclic amines) is 1. The highest BCUT2D eigenvalue weighted by Crippen LogP contribution is 2.34. The first-order chi connectivity index (χ1) is 11.0. The van der Waals surface area contributed by atoms with Crippen molar-refractivity contribution in [3.8, 4) is 0 Å². The highest BCUT2D eigenvalue weighted by molar-refractivity contribution is 7.89. The van der Waals surface area contributed by atoms with E-state index in [1.54, 1.807) is 31.4 Å². The summed E-state index contributed by atoms with van der Waals surface area (Å²) in [5.74, 6) is 0.818. The maximum Gasteiger partial charge on any atom is 0.241 e. The zero-order valence-corrected chi connectivity index (χ0v) is 14.5. The Labute approximate surface area is 139 Å². The number of ether oxygens (including phenoxy) is 1. The van der Waals surface area contributed by atoms with Gasteiger partial charge in [0.15, 0.2) is 0 Å². The fourth-order valence-electron chi connectivity index (χ4n) is 3.36. The predicted octanol–water partition coefficient (Wildman–Crippen LogP) is 1.86. The summed E-state index contributed by atoms with van der Waals surface area (Å²) in [6.07, 6.45) is 4.18. The number of benzene rings is 1. The molecular weight excluding hydrogens is 312 g/mol. The zero-order chi connectivity index (χ0) is 16.3. The monoisotopic (exact) mass is 338 g/mol. The first-order valence-corrected chi connectivity index (χ1v) is 9.82. The van der Waals surface area contributed by atoms with Crippen LogP contribution in [0.15, 0.2) is 35.2 Å². The van der Waals surface area contributed by atoms with Crippen LogP contribution in [0.2, 0.25) is 0 Å². The number of rotatable bonds is 8. The van der Waals surface area contributed by atoms with Gasteiger partial charge in [-0.2, -0.15) is 0 Å². The van der Waals surface area contributed by atoms with Crippen LogP contribution in [-0.2, 0) is 14.8 Å². The minimum absolute atomic E-state index is 0.331. The number of nitrogens with zero attached hydrogens (tertiary/aromatic N) is 1. The Bertz CT molecular complexity index is 616. The second-order valence-corrected chi connectivity index (χ2v) is 8.55. The maximum absolute atomic E-state index is 12.7. The molecule has 3 rings (SSSR count). The van der Waals surface area contributed by atoms with E-state index in [1.165, 1.54) is 12.8 Å². The summed E-state index contributed by atoms with van der Waals surface area (Å²) in [6.45, 7) is 3.40. The molecule has 1 aliphatic carbocycles. The van der Waals surface area contributed by atoms with Gasteiger partial charge in [-0.05, 0) is 43.7 Å². The van der Waals surface area contributed by atoms with E-state index in [0.717, 1.165) is 32.0 Å². The largest absolute Gasteiger partial charge is 0.385 e. The highest BCUT2D eigenvalue weighted by atomic mass is 32.2. The Morgan fingerprint density at radius 1 is 1.30 bits per heavy atom. The smallest absolute Gasteiger partial charge is 0.241 e. The second kappa shape index (κ2) is 6.89. The summed E-state index contributed by atoms with van der Waals surface area (Å²) >= 11 is 0. The summed E-state index contributed by atoms with van der Waals surface area (Å²) < 4.78 is 33.7. The molecule has 0 spiro atoms. The molecule has 0 radical (unpaired) electrons. The fraction of sp³-hybridized carbons (Fsp3) is 0.647. The Kier molecular flexibility index (Phi) is 5.06. The molecule has 1 aromatic carbocycles. The van der Waals surface area contributed by atoms with Crippen LogP contribution < -0.4 is 4.72 Å². The fourth-order valence-corrected chi connectivity index (χ4v) is 4.83. The van der Waals surface area contributed by atoms with Crippen molar-refractivity contribution in [2.75, 3.05) is 33.4 Å². The zero-order valence-electron chi connectivity index (χ0n) is 13.7. The van der Waals surface area contributed by atoms with Crippen molar-refractivity contribution in [3.05, 3.63) is 30.3 Å². The van der Waals surface area contributed by atoms with Crippen molar-refractivity contribution >= 4 is 10.0 Å². The van der Waals surface area contributed by atoms with Gasteiger partial charge in [-0.25, -0.2) is 13.1 Å². The van der Waals surface area contributed by atoms with Crippen LogP contribution in [0.25, 0.3) is 0 Å². The molecule has 5 nitrogen and oxygen atoms in total. The maximum atomic E-state index is 12.7. The Morgan fingerprint density at radius 2 is 2.04 bits per heavy atom. The molecule has 23 heavy (non-hydrogen) atoms. The summed E-state index contributed by atoms with van der Waals surface area (Å²) in [4.78, 5) is 2.73. The van der Waals surface area contributed by atoms with Gasteiger partial charge < -0.3 is 9.64 Å². The lowest BCUT2D eigenvalue weighted by Gasteiger charge is -2.30. The molecule has 1 unspecified atom stereocenters. The molecule has 0 bridgehead atoms. The third-order valence-corrected chi connectivity index (χ3v) is 6.43. The first kappa shape index (κ1) is 16.9. The average Bonchev–Trinajstić information content (AvgIpc) is 3.27. The van der Waals surface area contributed by atoms with E-state index in [4.69, 9.17) is 4.74 Å². The van der Waals surface area contributed by atoms with Crippen molar-refractivity contribution in [2.24, 2.45) is 5.92 Å². The molecule has 1 saturated heterocycles. The molecule has 1 N–H and O–H groups in total. The normalized spacial score (nSPS) is 25.8. The molecule has 1 aromatic rings. The van der Waals surface area contributed by atoms with Gasteiger partial charge in [-0.1, -0.05) is 18.2 Å². The Morgan fingerprint density at radius 3 is 2.70 bits per heavy atom. The summed E-state index contributed by atoms with van der Waals surface area (Å²) in [7, 11) is -1.84. The molecule has 6 heteroatoms. The molecule has 2 fully saturated rings. The molecule has 2 aliphatic rings. The quantitative estimate of drug-likeness (QED) is 0.786. The molecule has 1 atom stereocenters. The van der Waals surface area contributed by atoms with Crippen LogP contribution in [0.3, 0.4) is 0 Å². The number of sulfonamides is 1. The molecule has 128 valence electrons. The van der Waals surface area contributed by atoms with Crippen LogP contribution in [0.4, 0.5) is 0 Å². The van der Waals surface area contributed by atoms with E-state index in [1.807, 2.05) is 6.07 Å². The van der Waals surface area contributed by atoms with Crippen LogP contribution in [-0.4, -0.2) is 52.2 Å². The minimum atomic E-state index is -3.50. The van der Waals surface area contributed by atoms with Crippen molar-refractivity contribution in [2.45, 2.75) is 36.1 Å². The van der Waals surface area contributed by atoms with Gasteiger partial charge in [0.2, 0.25) is 10.0 Å². The van der Waals surface area contributed by atoms with Crippen LogP contribution >= 0.6 is 0 Å². The second-order valence-electron chi connectivity index (χ2n) is 6.87. The van der Waals surface area contributed by atoms with Gasteiger partial charge in [0, 0.05) is 38.9 Å². The van der Waals surface area contributed by atoms with Crippen LogP contribution in [0.5, 0.6) is 0 Å². The molecule has 0 aromatic heterocycles.